The van der Waals surface area contributed by atoms with Crippen molar-refractivity contribution in [2.24, 2.45) is 0 Å². The summed E-state index contributed by atoms with van der Waals surface area (Å²) >= 11 is 7.09. The molecule has 0 saturated carbocycles. The molecule has 1 aromatic heterocycles. The van der Waals surface area contributed by atoms with Gasteiger partial charge in [0, 0.05) is 26.2 Å². The monoisotopic (exact) mass is 387 g/mol. The van der Waals surface area contributed by atoms with Crippen LogP contribution in [0.5, 0.6) is 0 Å². The van der Waals surface area contributed by atoms with Crippen molar-refractivity contribution in [3.8, 4) is 0 Å². The highest BCUT2D eigenvalue weighted by Crippen LogP contribution is 2.27. The number of thiazole rings is 1. The van der Waals surface area contributed by atoms with Gasteiger partial charge >= 0.3 is 5.97 Å². The standard InChI is InChI=1S/C14H14ClN3O4S2/c15-10-3-1-2-4-12(10)24(21,22)18-7-5-17(6-8-18)14-16-9-11(23-14)13(19)20/h1-4,9H,5-8H2,(H,19,20). The number of carboxylic acids is 1. The summed E-state index contributed by atoms with van der Waals surface area (Å²) in [5, 5.41) is 9.73. The lowest BCUT2D eigenvalue weighted by Gasteiger charge is -2.33. The van der Waals surface area contributed by atoms with Gasteiger partial charge in [-0.1, -0.05) is 35.1 Å². The second-order valence-corrected chi connectivity index (χ2v) is 8.46. The van der Waals surface area contributed by atoms with Crippen LogP contribution in [0.25, 0.3) is 0 Å². The number of anilines is 1. The fourth-order valence-electron chi connectivity index (χ4n) is 2.42. The molecule has 1 saturated heterocycles. The van der Waals surface area contributed by atoms with Crippen molar-refractivity contribution in [1.29, 1.82) is 0 Å². The van der Waals surface area contributed by atoms with E-state index in [1.807, 2.05) is 4.90 Å². The zero-order chi connectivity index (χ0) is 17.3. The SMILES string of the molecule is O=C(O)c1cnc(N2CCN(S(=O)(=O)c3ccccc3Cl)CC2)s1. The summed E-state index contributed by atoms with van der Waals surface area (Å²) in [6.45, 7) is 1.46. The zero-order valence-corrected chi connectivity index (χ0v) is 14.8. The molecule has 24 heavy (non-hydrogen) atoms. The molecule has 0 atom stereocenters. The molecule has 1 aliphatic heterocycles. The van der Waals surface area contributed by atoms with Gasteiger partial charge in [0.25, 0.3) is 0 Å². The number of nitrogens with zero attached hydrogens (tertiary/aromatic N) is 3. The Balaban J connectivity index is 1.72. The van der Waals surface area contributed by atoms with Gasteiger partial charge in [-0.2, -0.15) is 4.31 Å². The van der Waals surface area contributed by atoms with Gasteiger partial charge in [0.2, 0.25) is 10.0 Å². The Morgan fingerprint density at radius 1 is 1.21 bits per heavy atom. The minimum Gasteiger partial charge on any atom is -0.477 e. The van der Waals surface area contributed by atoms with E-state index in [-0.39, 0.29) is 27.9 Å². The molecule has 2 heterocycles. The van der Waals surface area contributed by atoms with Gasteiger partial charge in [0.05, 0.1) is 11.2 Å². The molecule has 0 radical (unpaired) electrons. The van der Waals surface area contributed by atoms with E-state index in [1.165, 1.54) is 16.6 Å². The average Bonchev–Trinajstić information content (AvgIpc) is 3.05. The maximum absolute atomic E-state index is 12.7. The molecule has 7 nitrogen and oxygen atoms in total. The third-order valence-corrected chi connectivity index (χ3v) is 7.11. The van der Waals surface area contributed by atoms with E-state index in [4.69, 9.17) is 16.7 Å². The van der Waals surface area contributed by atoms with Gasteiger partial charge in [-0.15, -0.1) is 0 Å². The maximum atomic E-state index is 12.7. The van der Waals surface area contributed by atoms with Crippen molar-refractivity contribution in [3.05, 3.63) is 40.4 Å². The predicted molar refractivity (Wildman–Crippen MR) is 91.5 cm³/mol. The van der Waals surface area contributed by atoms with Crippen LogP contribution in [0.4, 0.5) is 5.13 Å². The number of hydrogen-bond acceptors (Lipinski definition) is 6. The highest BCUT2D eigenvalue weighted by Gasteiger charge is 2.30. The molecule has 0 unspecified atom stereocenters. The summed E-state index contributed by atoms with van der Waals surface area (Å²) in [7, 11) is -3.64. The van der Waals surface area contributed by atoms with Crippen molar-refractivity contribution >= 4 is 44.1 Å². The van der Waals surface area contributed by atoms with Gasteiger partial charge in [-0.3, -0.25) is 0 Å². The molecule has 10 heteroatoms. The van der Waals surface area contributed by atoms with Crippen molar-refractivity contribution < 1.29 is 18.3 Å². The molecule has 1 fully saturated rings. The summed E-state index contributed by atoms with van der Waals surface area (Å²) < 4.78 is 26.7. The first-order valence-corrected chi connectivity index (χ1v) is 9.72. The largest absolute Gasteiger partial charge is 0.477 e. The van der Waals surface area contributed by atoms with Gasteiger partial charge in [-0.05, 0) is 12.1 Å². The second-order valence-electron chi connectivity index (χ2n) is 5.13. The fourth-order valence-corrected chi connectivity index (χ4v) is 5.14. The molecule has 3 rings (SSSR count). The molecule has 0 aliphatic carbocycles. The number of rotatable bonds is 4. The van der Waals surface area contributed by atoms with Gasteiger partial charge < -0.3 is 10.0 Å². The minimum atomic E-state index is -3.64. The Morgan fingerprint density at radius 2 is 1.88 bits per heavy atom. The molecule has 1 N–H and O–H groups in total. The smallest absolute Gasteiger partial charge is 0.347 e. The molecule has 1 aliphatic rings. The van der Waals surface area contributed by atoms with Crippen LogP contribution >= 0.6 is 22.9 Å². The van der Waals surface area contributed by atoms with Crippen LogP contribution < -0.4 is 4.90 Å². The van der Waals surface area contributed by atoms with Gasteiger partial charge in [0.15, 0.2) is 5.13 Å². The van der Waals surface area contributed by atoms with Crippen LogP contribution in [-0.4, -0.2) is 55.0 Å². The third kappa shape index (κ3) is 3.25. The number of sulfonamides is 1. The lowest BCUT2D eigenvalue weighted by Crippen LogP contribution is -2.48. The Bertz CT molecular complexity index is 860. The van der Waals surface area contributed by atoms with Gasteiger partial charge in [0.1, 0.15) is 9.77 Å². The van der Waals surface area contributed by atoms with E-state index in [1.54, 1.807) is 18.2 Å². The Labute approximate surface area is 148 Å². The number of halogens is 1. The van der Waals surface area contributed by atoms with Crippen LogP contribution in [-0.2, 0) is 10.0 Å². The number of benzene rings is 1. The quantitative estimate of drug-likeness (QED) is 0.862. The number of hydrogen-bond donors (Lipinski definition) is 1. The molecule has 1 aromatic carbocycles. The van der Waals surface area contributed by atoms with Crippen molar-refractivity contribution in [1.82, 2.24) is 9.29 Å². The lowest BCUT2D eigenvalue weighted by atomic mass is 10.4. The summed E-state index contributed by atoms with van der Waals surface area (Å²) in [5.41, 5.74) is 0. The molecule has 2 aromatic rings. The van der Waals surface area contributed by atoms with Crippen LogP contribution in [0, 0.1) is 0 Å². The molecule has 0 amide bonds. The normalized spacial score (nSPS) is 16.3. The highest BCUT2D eigenvalue weighted by molar-refractivity contribution is 7.89. The number of piperazine rings is 1. The van der Waals surface area contributed by atoms with Gasteiger partial charge in [-0.25, -0.2) is 18.2 Å². The number of carbonyl (C=O) groups is 1. The molecule has 0 spiro atoms. The first kappa shape index (κ1) is 17.2. The van der Waals surface area contributed by atoms with Crippen molar-refractivity contribution in [2.45, 2.75) is 4.90 Å². The number of carboxylic acid groups (broad SMARTS) is 1. The molecular formula is C14H14ClN3O4S2. The Hall–Kier alpha value is -1.68. The number of aromatic nitrogens is 1. The van der Waals surface area contributed by atoms with E-state index in [9.17, 15) is 13.2 Å². The zero-order valence-electron chi connectivity index (χ0n) is 12.4. The van der Waals surface area contributed by atoms with Crippen LogP contribution in [0.2, 0.25) is 5.02 Å². The van der Waals surface area contributed by atoms with Crippen LogP contribution in [0.1, 0.15) is 9.67 Å². The summed E-state index contributed by atoms with van der Waals surface area (Å²) in [4.78, 5) is 17.2. The molecule has 128 valence electrons. The Kier molecular flexibility index (Phi) is 4.77. The van der Waals surface area contributed by atoms with Crippen molar-refractivity contribution in [2.75, 3.05) is 31.1 Å². The Morgan fingerprint density at radius 3 is 2.46 bits per heavy atom. The summed E-state index contributed by atoms with van der Waals surface area (Å²) in [5.74, 6) is -1.02. The predicted octanol–water partition coefficient (Wildman–Crippen LogP) is 2.01. The second kappa shape index (κ2) is 6.67. The van der Waals surface area contributed by atoms with Crippen LogP contribution in [0.15, 0.2) is 35.4 Å². The number of aromatic carboxylic acids is 1. The first-order valence-electron chi connectivity index (χ1n) is 7.08. The summed E-state index contributed by atoms with van der Waals surface area (Å²) in [6.07, 6.45) is 1.31. The molecular weight excluding hydrogens is 374 g/mol. The topological polar surface area (TPSA) is 90.8 Å². The lowest BCUT2D eigenvalue weighted by molar-refractivity contribution is 0.0702. The highest BCUT2D eigenvalue weighted by atomic mass is 35.5. The first-order chi connectivity index (χ1) is 11.4. The maximum Gasteiger partial charge on any atom is 0.347 e. The average molecular weight is 388 g/mol. The van der Waals surface area contributed by atoms with E-state index < -0.39 is 16.0 Å². The minimum absolute atomic E-state index is 0.0996. The molecule has 0 bridgehead atoms. The van der Waals surface area contributed by atoms with E-state index in [0.29, 0.717) is 18.2 Å². The van der Waals surface area contributed by atoms with E-state index in [2.05, 4.69) is 4.98 Å². The third-order valence-electron chi connectivity index (χ3n) is 3.67. The summed E-state index contributed by atoms with van der Waals surface area (Å²) in [6, 6.07) is 6.36. The van der Waals surface area contributed by atoms with E-state index >= 15 is 0 Å². The van der Waals surface area contributed by atoms with E-state index in [0.717, 1.165) is 11.3 Å². The fraction of sp³-hybridized carbons (Fsp3) is 0.286. The van der Waals surface area contributed by atoms with Crippen LogP contribution in [0.3, 0.4) is 0 Å². The van der Waals surface area contributed by atoms with Crippen molar-refractivity contribution in [3.63, 3.8) is 0 Å².